The Morgan fingerprint density at radius 2 is 1.81 bits per heavy atom. The van der Waals surface area contributed by atoms with Crippen molar-refractivity contribution in [1.29, 1.82) is 0 Å². The van der Waals surface area contributed by atoms with E-state index < -0.39 is 5.82 Å². The molecule has 0 unspecified atom stereocenters. The highest BCUT2D eigenvalue weighted by Crippen LogP contribution is 2.32. The standard InChI is InChI=1S/C20H19FO5/c1-11-6-13(7-12(2)20(11)25-5-4-22)17-9-16(23)14-8-15(21)19(24-3)10-18(14)26-17/h6-10,22H,4-5H2,1-3H3. The van der Waals surface area contributed by atoms with Crippen LogP contribution in [0.1, 0.15) is 11.1 Å². The van der Waals surface area contributed by atoms with Crippen LogP contribution in [0.5, 0.6) is 11.5 Å². The minimum Gasteiger partial charge on any atom is -0.494 e. The highest BCUT2D eigenvalue weighted by Gasteiger charge is 2.14. The molecule has 26 heavy (non-hydrogen) atoms. The fourth-order valence-corrected chi connectivity index (χ4v) is 2.92. The molecule has 0 radical (unpaired) electrons. The lowest BCUT2D eigenvalue weighted by atomic mass is 10.0. The zero-order chi connectivity index (χ0) is 18.8. The van der Waals surface area contributed by atoms with Crippen molar-refractivity contribution in [2.45, 2.75) is 13.8 Å². The van der Waals surface area contributed by atoms with Crippen molar-refractivity contribution < 1.29 is 23.4 Å². The number of aliphatic hydroxyl groups excluding tert-OH is 1. The lowest BCUT2D eigenvalue weighted by molar-refractivity contribution is 0.200. The molecule has 0 spiro atoms. The molecule has 6 heteroatoms. The van der Waals surface area contributed by atoms with Crippen molar-refractivity contribution in [3.8, 4) is 22.8 Å². The summed E-state index contributed by atoms with van der Waals surface area (Å²) in [5.74, 6) is 0.459. The molecule has 1 N–H and O–H groups in total. The van der Waals surface area contributed by atoms with E-state index in [1.807, 2.05) is 26.0 Å². The van der Waals surface area contributed by atoms with Crippen LogP contribution in [0.4, 0.5) is 4.39 Å². The Morgan fingerprint density at radius 3 is 2.42 bits per heavy atom. The van der Waals surface area contributed by atoms with Gasteiger partial charge in [0, 0.05) is 17.7 Å². The van der Waals surface area contributed by atoms with Gasteiger partial charge in [-0.3, -0.25) is 4.79 Å². The Balaban J connectivity index is 2.13. The fraction of sp³-hybridized carbons (Fsp3) is 0.250. The van der Waals surface area contributed by atoms with E-state index in [2.05, 4.69) is 0 Å². The third-order valence-corrected chi connectivity index (χ3v) is 4.08. The number of hydrogen-bond acceptors (Lipinski definition) is 5. The van der Waals surface area contributed by atoms with Crippen molar-refractivity contribution in [1.82, 2.24) is 0 Å². The number of ether oxygens (including phenoxy) is 2. The summed E-state index contributed by atoms with van der Waals surface area (Å²) in [4.78, 5) is 12.4. The number of rotatable bonds is 5. The summed E-state index contributed by atoms with van der Waals surface area (Å²) in [7, 11) is 1.35. The second kappa shape index (κ2) is 7.17. The second-order valence-electron chi connectivity index (χ2n) is 5.97. The van der Waals surface area contributed by atoms with Gasteiger partial charge in [0.1, 0.15) is 23.7 Å². The Hall–Kier alpha value is -2.86. The van der Waals surface area contributed by atoms with E-state index in [1.165, 1.54) is 19.2 Å². The highest BCUT2D eigenvalue weighted by atomic mass is 19.1. The molecule has 0 fully saturated rings. The van der Waals surface area contributed by atoms with E-state index in [-0.39, 0.29) is 35.4 Å². The van der Waals surface area contributed by atoms with Gasteiger partial charge in [-0.05, 0) is 43.2 Å². The molecule has 1 aromatic heterocycles. The maximum Gasteiger partial charge on any atom is 0.193 e. The van der Waals surface area contributed by atoms with Crippen LogP contribution >= 0.6 is 0 Å². The molecule has 0 aliphatic heterocycles. The number of aliphatic hydroxyl groups is 1. The fourth-order valence-electron chi connectivity index (χ4n) is 2.92. The molecule has 0 atom stereocenters. The monoisotopic (exact) mass is 358 g/mol. The van der Waals surface area contributed by atoms with Gasteiger partial charge in [-0.25, -0.2) is 4.39 Å². The van der Waals surface area contributed by atoms with Gasteiger partial charge in [-0.15, -0.1) is 0 Å². The number of aryl methyl sites for hydroxylation is 2. The van der Waals surface area contributed by atoms with E-state index in [9.17, 15) is 9.18 Å². The van der Waals surface area contributed by atoms with Gasteiger partial charge in [0.05, 0.1) is 19.1 Å². The zero-order valence-electron chi connectivity index (χ0n) is 14.8. The van der Waals surface area contributed by atoms with Crippen molar-refractivity contribution in [2.75, 3.05) is 20.3 Å². The van der Waals surface area contributed by atoms with Crippen LogP contribution in [0, 0.1) is 19.7 Å². The highest BCUT2D eigenvalue weighted by molar-refractivity contribution is 5.80. The Morgan fingerprint density at radius 1 is 1.12 bits per heavy atom. The molecule has 0 amide bonds. The normalized spacial score (nSPS) is 11.0. The van der Waals surface area contributed by atoms with Crippen molar-refractivity contribution >= 4 is 11.0 Å². The summed E-state index contributed by atoms with van der Waals surface area (Å²) in [6, 6.07) is 7.51. The number of fused-ring (bicyclic) bond motifs is 1. The third kappa shape index (κ3) is 3.28. The van der Waals surface area contributed by atoms with Gasteiger partial charge in [0.25, 0.3) is 0 Å². The first-order valence-corrected chi connectivity index (χ1v) is 8.11. The van der Waals surface area contributed by atoms with Crippen LogP contribution in [0.2, 0.25) is 0 Å². The van der Waals surface area contributed by atoms with Gasteiger partial charge < -0.3 is 19.0 Å². The van der Waals surface area contributed by atoms with Crippen molar-refractivity contribution in [3.05, 3.63) is 57.5 Å². The van der Waals surface area contributed by atoms with Crippen LogP contribution < -0.4 is 14.9 Å². The topological polar surface area (TPSA) is 68.9 Å². The zero-order valence-corrected chi connectivity index (χ0v) is 14.8. The molecule has 3 aromatic rings. The first-order chi connectivity index (χ1) is 12.4. The van der Waals surface area contributed by atoms with Crippen LogP contribution in [0.15, 0.2) is 39.5 Å². The molecule has 5 nitrogen and oxygen atoms in total. The van der Waals surface area contributed by atoms with Crippen molar-refractivity contribution in [3.63, 3.8) is 0 Å². The quantitative estimate of drug-likeness (QED) is 0.755. The Labute approximate surface area is 149 Å². The molecule has 136 valence electrons. The van der Waals surface area contributed by atoms with E-state index in [0.29, 0.717) is 17.1 Å². The smallest absolute Gasteiger partial charge is 0.193 e. The molecule has 0 saturated heterocycles. The van der Waals surface area contributed by atoms with Gasteiger partial charge in [-0.2, -0.15) is 0 Å². The number of hydrogen-bond donors (Lipinski definition) is 1. The van der Waals surface area contributed by atoms with Crippen LogP contribution in [0.25, 0.3) is 22.3 Å². The molecule has 3 rings (SSSR count). The summed E-state index contributed by atoms with van der Waals surface area (Å²) in [5, 5.41) is 9.08. The molecular weight excluding hydrogens is 339 g/mol. The molecule has 0 aliphatic carbocycles. The number of halogens is 1. The van der Waals surface area contributed by atoms with Crippen LogP contribution in [-0.2, 0) is 0 Å². The summed E-state index contributed by atoms with van der Waals surface area (Å²) in [6.45, 7) is 3.89. The first-order valence-electron chi connectivity index (χ1n) is 8.11. The molecule has 2 aromatic carbocycles. The molecular formula is C20H19FO5. The van der Waals surface area contributed by atoms with E-state index in [0.717, 1.165) is 17.2 Å². The molecule has 0 saturated carbocycles. The molecule has 0 bridgehead atoms. The average molecular weight is 358 g/mol. The summed E-state index contributed by atoms with van der Waals surface area (Å²) >= 11 is 0. The lowest BCUT2D eigenvalue weighted by Gasteiger charge is -2.13. The van der Waals surface area contributed by atoms with Crippen LogP contribution in [0.3, 0.4) is 0 Å². The number of methoxy groups -OCH3 is 1. The second-order valence-corrected chi connectivity index (χ2v) is 5.97. The van der Waals surface area contributed by atoms with E-state index >= 15 is 0 Å². The lowest BCUT2D eigenvalue weighted by Crippen LogP contribution is -2.05. The first kappa shape index (κ1) is 17.9. The van der Waals surface area contributed by atoms with Crippen molar-refractivity contribution in [2.24, 2.45) is 0 Å². The Bertz CT molecular complexity index is 1000. The predicted octanol–water partition coefficient (Wildman–Crippen LogP) is 3.60. The minimum absolute atomic E-state index is 0.0120. The van der Waals surface area contributed by atoms with Gasteiger partial charge in [0.15, 0.2) is 17.0 Å². The molecule has 1 heterocycles. The third-order valence-electron chi connectivity index (χ3n) is 4.08. The maximum atomic E-state index is 13.8. The van der Waals surface area contributed by atoms with Gasteiger partial charge in [-0.1, -0.05) is 0 Å². The minimum atomic E-state index is -0.614. The summed E-state index contributed by atoms with van der Waals surface area (Å²) in [5.41, 5.74) is 2.33. The SMILES string of the molecule is COc1cc2oc(-c3cc(C)c(OCCO)c(C)c3)cc(=O)c2cc1F. The summed E-state index contributed by atoms with van der Waals surface area (Å²) < 4.78 is 30.2. The summed E-state index contributed by atoms with van der Waals surface area (Å²) in [6.07, 6.45) is 0. The maximum absolute atomic E-state index is 13.8. The Kier molecular flexibility index (Phi) is 4.95. The van der Waals surface area contributed by atoms with Gasteiger partial charge in [0.2, 0.25) is 0 Å². The average Bonchev–Trinajstić information content (AvgIpc) is 2.61. The number of benzene rings is 2. The molecule has 0 aliphatic rings. The van der Waals surface area contributed by atoms with Gasteiger partial charge >= 0.3 is 0 Å². The predicted molar refractivity (Wildman–Crippen MR) is 96.5 cm³/mol. The largest absolute Gasteiger partial charge is 0.494 e. The van der Waals surface area contributed by atoms with Crippen LogP contribution in [-0.4, -0.2) is 25.4 Å². The van der Waals surface area contributed by atoms with E-state index in [4.69, 9.17) is 19.0 Å². The van der Waals surface area contributed by atoms with E-state index in [1.54, 1.807) is 0 Å².